The summed E-state index contributed by atoms with van der Waals surface area (Å²) in [5.74, 6) is -0.199. The van der Waals surface area contributed by atoms with Gasteiger partial charge in [-0.1, -0.05) is 0 Å². The van der Waals surface area contributed by atoms with Gasteiger partial charge < -0.3 is 20.9 Å². The fraction of sp³-hybridized carbons (Fsp3) is 0.280. The number of carbonyl (C=O) groups excluding carboxylic acids is 1. The number of imidazole rings is 1. The second kappa shape index (κ2) is 9.30. The SMILES string of the molecule is CN(C)C(=O)c1ccc(F)c(-c2ccc3cnc(Nc4cnccc4N4CCC[C@H](N)C4)n3n2)c1. The van der Waals surface area contributed by atoms with Gasteiger partial charge in [-0.3, -0.25) is 9.78 Å². The van der Waals surface area contributed by atoms with Crippen LogP contribution in [0.4, 0.5) is 21.7 Å². The normalized spacial score (nSPS) is 15.9. The summed E-state index contributed by atoms with van der Waals surface area (Å²) in [5, 5.41) is 7.97. The predicted octanol–water partition coefficient (Wildman–Crippen LogP) is 3.30. The molecule has 10 heteroatoms. The summed E-state index contributed by atoms with van der Waals surface area (Å²) in [4.78, 5) is 24.8. The summed E-state index contributed by atoms with van der Waals surface area (Å²) in [7, 11) is 3.31. The number of nitrogens with one attached hydrogen (secondary N) is 1. The predicted molar refractivity (Wildman–Crippen MR) is 133 cm³/mol. The average molecular weight is 475 g/mol. The van der Waals surface area contributed by atoms with Crippen LogP contribution < -0.4 is 16.0 Å². The lowest BCUT2D eigenvalue weighted by atomic mass is 10.1. The highest BCUT2D eigenvalue weighted by atomic mass is 19.1. The van der Waals surface area contributed by atoms with Gasteiger partial charge in [0.15, 0.2) is 0 Å². The topological polar surface area (TPSA) is 105 Å². The van der Waals surface area contributed by atoms with Gasteiger partial charge in [-0.05, 0) is 49.2 Å². The van der Waals surface area contributed by atoms with E-state index >= 15 is 0 Å². The number of nitrogens with two attached hydrogens (primary N) is 1. The van der Waals surface area contributed by atoms with E-state index in [2.05, 4.69) is 25.3 Å². The highest BCUT2D eigenvalue weighted by Gasteiger charge is 2.20. The standard InChI is InChI=1S/C25H27FN8O/c1-32(2)24(35)16-5-7-20(26)19(12-16)21-8-6-18-13-29-25(34(18)31-21)30-22-14-28-10-9-23(22)33-11-3-4-17(27)15-33/h5-10,12-14,17H,3-4,11,15,27H2,1-2H3,(H,29,30)/t17-/m0/s1. The molecule has 4 aromatic rings. The second-order valence-corrected chi connectivity index (χ2v) is 8.90. The number of pyridine rings is 1. The summed E-state index contributed by atoms with van der Waals surface area (Å²) >= 11 is 0. The van der Waals surface area contributed by atoms with Gasteiger partial charge in [-0.15, -0.1) is 0 Å². The Bertz CT molecular complexity index is 1390. The first-order valence-corrected chi connectivity index (χ1v) is 11.5. The number of nitrogens with zero attached hydrogens (tertiary/aromatic N) is 6. The van der Waals surface area contributed by atoms with Crippen LogP contribution in [0.3, 0.4) is 0 Å². The lowest BCUT2D eigenvalue weighted by molar-refractivity contribution is 0.0827. The first kappa shape index (κ1) is 22.7. The molecule has 0 unspecified atom stereocenters. The molecular formula is C25H27FN8O. The molecule has 0 spiro atoms. The molecule has 0 bridgehead atoms. The number of fused-ring (bicyclic) bond motifs is 1. The monoisotopic (exact) mass is 474 g/mol. The largest absolute Gasteiger partial charge is 0.368 e. The van der Waals surface area contributed by atoms with E-state index in [4.69, 9.17) is 5.73 Å². The number of anilines is 3. The van der Waals surface area contributed by atoms with E-state index in [-0.39, 0.29) is 17.5 Å². The zero-order valence-electron chi connectivity index (χ0n) is 19.6. The van der Waals surface area contributed by atoms with Crippen molar-refractivity contribution >= 4 is 28.7 Å². The minimum absolute atomic E-state index is 0.131. The fourth-order valence-corrected chi connectivity index (χ4v) is 4.33. The zero-order valence-corrected chi connectivity index (χ0v) is 19.6. The Kier molecular flexibility index (Phi) is 6.04. The molecule has 0 saturated carbocycles. The van der Waals surface area contributed by atoms with Gasteiger partial charge in [0.25, 0.3) is 5.91 Å². The summed E-state index contributed by atoms with van der Waals surface area (Å²) < 4.78 is 16.4. The van der Waals surface area contributed by atoms with Crippen LogP contribution in [0.2, 0.25) is 0 Å². The van der Waals surface area contributed by atoms with Crippen molar-refractivity contribution in [2.24, 2.45) is 5.73 Å². The molecule has 5 rings (SSSR count). The van der Waals surface area contributed by atoms with Crippen molar-refractivity contribution in [3.8, 4) is 11.3 Å². The van der Waals surface area contributed by atoms with E-state index < -0.39 is 5.82 Å². The van der Waals surface area contributed by atoms with Crippen molar-refractivity contribution < 1.29 is 9.18 Å². The van der Waals surface area contributed by atoms with E-state index in [0.717, 1.165) is 42.8 Å². The summed E-state index contributed by atoms with van der Waals surface area (Å²) in [6.07, 6.45) is 7.23. The number of rotatable bonds is 5. The molecule has 1 amide bonds. The molecule has 3 N–H and O–H groups in total. The maximum absolute atomic E-state index is 14.8. The third kappa shape index (κ3) is 4.52. The van der Waals surface area contributed by atoms with Crippen LogP contribution in [0.25, 0.3) is 16.8 Å². The van der Waals surface area contributed by atoms with Crippen LogP contribution in [0, 0.1) is 5.82 Å². The molecule has 9 nitrogen and oxygen atoms in total. The quantitative estimate of drug-likeness (QED) is 0.457. The number of hydrogen-bond acceptors (Lipinski definition) is 7. The highest BCUT2D eigenvalue weighted by molar-refractivity contribution is 5.95. The van der Waals surface area contributed by atoms with Gasteiger partial charge in [0.1, 0.15) is 5.82 Å². The number of carbonyl (C=O) groups is 1. The number of benzene rings is 1. The maximum Gasteiger partial charge on any atom is 0.253 e. The number of amides is 1. The molecule has 1 atom stereocenters. The van der Waals surface area contributed by atoms with Crippen molar-refractivity contribution in [1.82, 2.24) is 24.5 Å². The minimum Gasteiger partial charge on any atom is -0.368 e. The molecule has 35 heavy (non-hydrogen) atoms. The molecule has 1 aliphatic heterocycles. The molecule has 1 saturated heterocycles. The Labute approximate surface area is 202 Å². The van der Waals surface area contributed by atoms with Gasteiger partial charge in [-0.2, -0.15) is 9.61 Å². The van der Waals surface area contributed by atoms with Gasteiger partial charge in [-0.25, -0.2) is 9.37 Å². The smallest absolute Gasteiger partial charge is 0.253 e. The molecule has 4 heterocycles. The molecule has 1 fully saturated rings. The van der Waals surface area contributed by atoms with E-state index in [0.29, 0.717) is 17.2 Å². The molecule has 0 aliphatic carbocycles. The maximum atomic E-state index is 14.8. The molecule has 1 aliphatic rings. The second-order valence-electron chi connectivity index (χ2n) is 8.90. The zero-order chi connectivity index (χ0) is 24.5. The number of piperidine rings is 1. The lowest BCUT2D eigenvalue weighted by Crippen LogP contribution is -2.43. The van der Waals surface area contributed by atoms with Crippen LogP contribution in [0.5, 0.6) is 0 Å². The van der Waals surface area contributed by atoms with Crippen LogP contribution in [-0.4, -0.2) is 63.6 Å². The van der Waals surface area contributed by atoms with Gasteiger partial charge in [0.2, 0.25) is 5.95 Å². The number of halogens is 1. The van der Waals surface area contributed by atoms with Crippen LogP contribution in [0.15, 0.2) is 55.0 Å². The lowest BCUT2D eigenvalue weighted by Gasteiger charge is -2.33. The van der Waals surface area contributed by atoms with Gasteiger partial charge >= 0.3 is 0 Å². The number of hydrogen-bond donors (Lipinski definition) is 2. The molecule has 1 aromatic carbocycles. The Hall–Kier alpha value is -4.05. The van der Waals surface area contributed by atoms with E-state index in [1.165, 1.54) is 23.1 Å². The summed E-state index contributed by atoms with van der Waals surface area (Å²) in [6.45, 7) is 1.68. The van der Waals surface area contributed by atoms with Crippen molar-refractivity contribution in [3.05, 3.63) is 66.4 Å². The Balaban J connectivity index is 1.50. The average Bonchev–Trinajstić information content (AvgIpc) is 3.26. The van der Waals surface area contributed by atoms with Crippen molar-refractivity contribution in [2.75, 3.05) is 37.4 Å². The molecule has 180 valence electrons. The van der Waals surface area contributed by atoms with Crippen LogP contribution >= 0.6 is 0 Å². The van der Waals surface area contributed by atoms with Gasteiger partial charge in [0, 0.05) is 50.6 Å². The first-order valence-electron chi connectivity index (χ1n) is 11.5. The Morgan fingerprint density at radius 1 is 1.20 bits per heavy atom. The van der Waals surface area contributed by atoms with Crippen LogP contribution in [-0.2, 0) is 0 Å². The van der Waals surface area contributed by atoms with E-state index in [9.17, 15) is 9.18 Å². The van der Waals surface area contributed by atoms with Gasteiger partial charge in [0.05, 0.1) is 35.0 Å². The number of aromatic nitrogens is 4. The third-order valence-electron chi connectivity index (χ3n) is 6.12. The third-order valence-corrected chi connectivity index (χ3v) is 6.12. The molecular weight excluding hydrogens is 447 g/mol. The Morgan fingerprint density at radius 3 is 2.86 bits per heavy atom. The van der Waals surface area contributed by atoms with Crippen molar-refractivity contribution in [2.45, 2.75) is 18.9 Å². The van der Waals surface area contributed by atoms with Crippen molar-refractivity contribution in [3.63, 3.8) is 0 Å². The highest BCUT2D eigenvalue weighted by Crippen LogP contribution is 2.30. The summed E-state index contributed by atoms with van der Waals surface area (Å²) in [6, 6.07) is 9.90. The Morgan fingerprint density at radius 2 is 2.06 bits per heavy atom. The van der Waals surface area contributed by atoms with E-state index in [1.54, 1.807) is 43.3 Å². The van der Waals surface area contributed by atoms with E-state index in [1.807, 2.05) is 12.1 Å². The molecule has 3 aromatic heterocycles. The molecule has 0 radical (unpaired) electrons. The first-order chi connectivity index (χ1) is 16.9. The van der Waals surface area contributed by atoms with Crippen LogP contribution in [0.1, 0.15) is 23.2 Å². The summed E-state index contributed by atoms with van der Waals surface area (Å²) in [5.41, 5.74) is 9.72. The fourth-order valence-electron chi connectivity index (χ4n) is 4.33. The minimum atomic E-state index is -0.460. The van der Waals surface area contributed by atoms with Crippen molar-refractivity contribution in [1.29, 1.82) is 0 Å².